The van der Waals surface area contributed by atoms with Crippen LogP contribution in [0.4, 0.5) is 17.2 Å². The van der Waals surface area contributed by atoms with Crippen molar-refractivity contribution in [3.8, 4) is 0 Å². The van der Waals surface area contributed by atoms with Crippen molar-refractivity contribution in [2.24, 2.45) is 0 Å². The van der Waals surface area contributed by atoms with Gasteiger partial charge in [0.2, 0.25) is 5.91 Å². The fourth-order valence-corrected chi connectivity index (χ4v) is 2.81. The summed E-state index contributed by atoms with van der Waals surface area (Å²) in [5.74, 6) is 0.393. The number of amides is 1. The van der Waals surface area contributed by atoms with Crippen molar-refractivity contribution < 1.29 is 4.79 Å². The van der Waals surface area contributed by atoms with E-state index in [1.54, 1.807) is 12.1 Å². The average molecular weight is 390 g/mol. The number of benzene rings is 1. The molecule has 130 valence electrons. The summed E-state index contributed by atoms with van der Waals surface area (Å²) in [6, 6.07) is 9.22. The van der Waals surface area contributed by atoms with Crippen LogP contribution in [-0.4, -0.2) is 24.0 Å². The Morgan fingerprint density at radius 3 is 2.79 bits per heavy atom. The lowest BCUT2D eigenvalue weighted by molar-refractivity contribution is -0.115. The standard InChI is InChI=1S/C16H17ClN4O.2ClH/c17-11-6-7-15(19-9-11)20-16(22)10-21-8-2-3-12-13(18)4-1-5-14(12)21;;/h1,4-7,9H,2-3,8,10,18H2,(H,19,20,22);2*1H. The minimum Gasteiger partial charge on any atom is -0.398 e. The highest BCUT2D eigenvalue weighted by Gasteiger charge is 2.20. The number of aromatic nitrogens is 1. The quantitative estimate of drug-likeness (QED) is 0.788. The van der Waals surface area contributed by atoms with Gasteiger partial charge >= 0.3 is 0 Å². The van der Waals surface area contributed by atoms with Gasteiger partial charge in [-0.15, -0.1) is 24.8 Å². The van der Waals surface area contributed by atoms with E-state index in [0.717, 1.165) is 36.3 Å². The molecule has 3 rings (SSSR count). The largest absolute Gasteiger partial charge is 0.398 e. The Morgan fingerprint density at radius 2 is 2.08 bits per heavy atom. The monoisotopic (exact) mass is 388 g/mol. The maximum absolute atomic E-state index is 12.2. The van der Waals surface area contributed by atoms with Gasteiger partial charge in [-0.05, 0) is 42.7 Å². The number of hydrogen-bond donors (Lipinski definition) is 2. The lowest BCUT2D eigenvalue weighted by atomic mass is 10.00. The van der Waals surface area contributed by atoms with Crippen LogP contribution in [0.3, 0.4) is 0 Å². The average Bonchev–Trinajstić information content (AvgIpc) is 2.51. The van der Waals surface area contributed by atoms with E-state index in [4.69, 9.17) is 17.3 Å². The maximum Gasteiger partial charge on any atom is 0.245 e. The molecule has 0 atom stereocenters. The van der Waals surface area contributed by atoms with E-state index in [9.17, 15) is 4.79 Å². The SMILES string of the molecule is Cl.Cl.Nc1cccc2c1CCCN2CC(=O)Nc1ccc(Cl)cn1. The minimum absolute atomic E-state index is 0. The summed E-state index contributed by atoms with van der Waals surface area (Å²) < 4.78 is 0. The summed E-state index contributed by atoms with van der Waals surface area (Å²) in [4.78, 5) is 18.3. The number of nitrogens with two attached hydrogens (primary N) is 1. The Bertz CT molecular complexity index is 694. The molecule has 0 saturated heterocycles. The molecular weight excluding hydrogens is 371 g/mol. The fourth-order valence-electron chi connectivity index (χ4n) is 2.70. The van der Waals surface area contributed by atoms with E-state index in [-0.39, 0.29) is 37.3 Å². The van der Waals surface area contributed by atoms with Gasteiger partial charge in [-0.1, -0.05) is 17.7 Å². The van der Waals surface area contributed by atoms with Gasteiger partial charge in [0.1, 0.15) is 5.82 Å². The summed E-state index contributed by atoms with van der Waals surface area (Å²) in [5.41, 5.74) is 8.99. The molecule has 8 heteroatoms. The Labute approximate surface area is 158 Å². The summed E-state index contributed by atoms with van der Waals surface area (Å²) in [6.07, 6.45) is 3.46. The number of nitrogens with zero attached hydrogens (tertiary/aromatic N) is 2. The smallest absolute Gasteiger partial charge is 0.245 e. The first-order valence-electron chi connectivity index (χ1n) is 7.17. The first-order chi connectivity index (χ1) is 10.6. The molecule has 2 aromatic rings. The number of anilines is 3. The maximum atomic E-state index is 12.2. The van der Waals surface area contributed by atoms with Gasteiger partial charge in [0.15, 0.2) is 0 Å². The fraction of sp³-hybridized carbons (Fsp3) is 0.250. The number of hydrogen-bond acceptors (Lipinski definition) is 4. The van der Waals surface area contributed by atoms with Crippen LogP contribution in [0.15, 0.2) is 36.5 Å². The van der Waals surface area contributed by atoms with Gasteiger partial charge in [-0.25, -0.2) is 4.98 Å². The molecule has 0 radical (unpaired) electrons. The zero-order valence-electron chi connectivity index (χ0n) is 12.9. The first kappa shape index (κ1) is 20.4. The Hall–Kier alpha value is -1.69. The number of carbonyl (C=O) groups is 1. The van der Waals surface area contributed by atoms with Gasteiger partial charge < -0.3 is 16.0 Å². The molecule has 1 aliphatic rings. The molecule has 1 aromatic carbocycles. The van der Waals surface area contributed by atoms with E-state index < -0.39 is 0 Å². The normalized spacial score (nSPS) is 12.5. The number of rotatable bonds is 3. The predicted molar refractivity (Wildman–Crippen MR) is 104 cm³/mol. The lowest BCUT2D eigenvalue weighted by Crippen LogP contribution is -2.37. The van der Waals surface area contributed by atoms with E-state index >= 15 is 0 Å². The van der Waals surface area contributed by atoms with Crippen LogP contribution in [0, 0.1) is 0 Å². The third kappa shape index (κ3) is 4.66. The molecule has 1 aromatic heterocycles. The molecule has 0 aliphatic carbocycles. The second-order valence-corrected chi connectivity index (χ2v) is 5.72. The number of halogens is 3. The number of pyridine rings is 1. The van der Waals surface area contributed by atoms with Gasteiger partial charge in [-0.3, -0.25) is 4.79 Å². The van der Waals surface area contributed by atoms with Crippen LogP contribution in [-0.2, 0) is 11.2 Å². The van der Waals surface area contributed by atoms with Crippen molar-refractivity contribution >= 4 is 59.5 Å². The van der Waals surface area contributed by atoms with Gasteiger partial charge in [0.05, 0.1) is 11.6 Å². The number of nitrogen functional groups attached to an aromatic ring is 1. The minimum atomic E-state index is -0.106. The van der Waals surface area contributed by atoms with E-state index in [1.165, 1.54) is 6.20 Å². The van der Waals surface area contributed by atoms with E-state index in [2.05, 4.69) is 15.2 Å². The molecule has 0 spiro atoms. The molecule has 2 heterocycles. The molecule has 1 amide bonds. The number of nitrogens with one attached hydrogen (secondary N) is 1. The predicted octanol–water partition coefficient (Wildman–Crippen LogP) is 3.55. The van der Waals surface area contributed by atoms with E-state index in [1.807, 2.05) is 18.2 Å². The van der Waals surface area contributed by atoms with Crippen LogP contribution < -0.4 is 16.0 Å². The van der Waals surface area contributed by atoms with Crippen molar-refractivity contribution in [3.63, 3.8) is 0 Å². The Morgan fingerprint density at radius 1 is 1.29 bits per heavy atom. The van der Waals surface area contributed by atoms with Crippen LogP contribution in [0.2, 0.25) is 5.02 Å². The zero-order chi connectivity index (χ0) is 15.5. The van der Waals surface area contributed by atoms with Gasteiger partial charge in [0, 0.05) is 24.1 Å². The molecule has 1 aliphatic heterocycles. The van der Waals surface area contributed by atoms with Crippen molar-refractivity contribution in [1.82, 2.24) is 4.98 Å². The Balaban J connectivity index is 0.00000144. The molecule has 0 bridgehead atoms. The molecule has 0 saturated carbocycles. The second-order valence-electron chi connectivity index (χ2n) is 5.28. The summed E-state index contributed by atoms with van der Waals surface area (Å²) in [7, 11) is 0. The van der Waals surface area contributed by atoms with Gasteiger partial charge in [-0.2, -0.15) is 0 Å². The first-order valence-corrected chi connectivity index (χ1v) is 7.55. The molecule has 3 N–H and O–H groups in total. The summed E-state index contributed by atoms with van der Waals surface area (Å²) in [6.45, 7) is 1.12. The highest BCUT2D eigenvalue weighted by atomic mass is 35.5. The highest BCUT2D eigenvalue weighted by molar-refractivity contribution is 6.30. The number of carbonyl (C=O) groups excluding carboxylic acids is 1. The molecule has 24 heavy (non-hydrogen) atoms. The van der Waals surface area contributed by atoms with Crippen molar-refractivity contribution in [1.29, 1.82) is 0 Å². The summed E-state index contributed by atoms with van der Waals surface area (Å²) >= 11 is 5.78. The van der Waals surface area contributed by atoms with Crippen molar-refractivity contribution in [2.45, 2.75) is 12.8 Å². The van der Waals surface area contributed by atoms with Crippen LogP contribution in [0.5, 0.6) is 0 Å². The molecular formula is C16H19Cl3N4O. The molecule has 5 nitrogen and oxygen atoms in total. The third-order valence-corrected chi connectivity index (χ3v) is 3.94. The lowest BCUT2D eigenvalue weighted by Gasteiger charge is -2.31. The van der Waals surface area contributed by atoms with E-state index in [0.29, 0.717) is 10.8 Å². The van der Waals surface area contributed by atoms with Crippen LogP contribution in [0.25, 0.3) is 0 Å². The van der Waals surface area contributed by atoms with Crippen LogP contribution in [0.1, 0.15) is 12.0 Å². The summed E-state index contributed by atoms with van der Waals surface area (Å²) in [5, 5.41) is 3.32. The van der Waals surface area contributed by atoms with Crippen molar-refractivity contribution in [3.05, 3.63) is 47.1 Å². The number of fused-ring (bicyclic) bond motifs is 1. The third-order valence-electron chi connectivity index (χ3n) is 3.71. The Kier molecular flexibility index (Phi) is 7.60. The molecule has 0 fully saturated rings. The second kappa shape index (κ2) is 8.97. The van der Waals surface area contributed by atoms with Crippen molar-refractivity contribution in [2.75, 3.05) is 29.0 Å². The zero-order valence-corrected chi connectivity index (χ0v) is 15.3. The highest BCUT2D eigenvalue weighted by Crippen LogP contribution is 2.30. The van der Waals surface area contributed by atoms with Gasteiger partial charge in [0.25, 0.3) is 0 Å². The van der Waals surface area contributed by atoms with Crippen LogP contribution >= 0.6 is 36.4 Å². The molecule has 0 unspecified atom stereocenters. The topological polar surface area (TPSA) is 71.2 Å².